The summed E-state index contributed by atoms with van der Waals surface area (Å²) in [7, 11) is 10.4. The number of ether oxygens (including phenoxy) is 1. The highest BCUT2D eigenvalue weighted by Crippen LogP contribution is 2.29. The maximum atomic E-state index is 15.6. The second-order valence-electron chi connectivity index (χ2n) is 28.9. The lowest BCUT2D eigenvalue weighted by molar-refractivity contribution is -0.156. The van der Waals surface area contributed by atoms with Crippen LogP contribution in [0.2, 0.25) is 0 Å². The summed E-state index contributed by atoms with van der Waals surface area (Å²) in [6, 6.07) is -12.0. The average Bonchev–Trinajstić information content (AvgIpc) is 0.844. The third kappa shape index (κ3) is 26.3. The fourth-order valence-electron chi connectivity index (χ4n) is 11.9. The molecule has 0 aromatic rings. The molecule has 0 aromatic heterocycles. The first-order chi connectivity index (χ1) is 44.5. The maximum absolute atomic E-state index is 15.6. The monoisotopic (exact) mass is 1390 g/mol. The Morgan fingerprint density at radius 3 is 1.44 bits per heavy atom. The van der Waals surface area contributed by atoms with Gasteiger partial charge in [-0.15, -0.1) is 23.5 Å². The van der Waals surface area contributed by atoms with Gasteiger partial charge in [0.05, 0.1) is 11.5 Å². The van der Waals surface area contributed by atoms with E-state index in [2.05, 4.69) is 26.2 Å². The molecule has 1 rings (SSSR count). The van der Waals surface area contributed by atoms with Crippen molar-refractivity contribution < 1.29 is 57.5 Å². The number of hydrogen-bond acceptors (Lipinski definition) is 15. The number of carbonyl (C=O) groups is 11. The molecule has 552 valence electrons. The summed E-state index contributed by atoms with van der Waals surface area (Å²) in [5.41, 5.74) is -1.03. The first-order valence-electron chi connectivity index (χ1n) is 34.7. The van der Waals surface area contributed by atoms with Gasteiger partial charge in [0.15, 0.2) is 5.37 Å². The van der Waals surface area contributed by atoms with Crippen LogP contribution in [0.1, 0.15) is 176 Å². The number of hydrogen-bond donors (Lipinski definition) is 4. The molecule has 1 aliphatic rings. The first kappa shape index (κ1) is 88.5. The summed E-state index contributed by atoms with van der Waals surface area (Å²) in [6.45, 7) is 36.5. The summed E-state index contributed by atoms with van der Waals surface area (Å²) in [5.74, 6) is -7.94. The lowest BCUT2D eigenvalue weighted by atomic mass is 9.93. The zero-order valence-corrected chi connectivity index (χ0v) is 65.4. The Kier molecular flexibility index (Phi) is 38.6. The summed E-state index contributed by atoms with van der Waals surface area (Å²) < 4.78 is 6.26. The quantitative estimate of drug-likeness (QED) is 0.0623. The Morgan fingerprint density at radius 1 is 0.510 bits per heavy atom. The van der Waals surface area contributed by atoms with Gasteiger partial charge in [0.2, 0.25) is 59.1 Å². The highest BCUT2D eigenvalue weighted by Gasteiger charge is 2.46. The Morgan fingerprint density at radius 2 is 0.958 bits per heavy atom. The van der Waals surface area contributed by atoms with Crippen molar-refractivity contribution in [1.82, 2.24) is 60.5 Å². The minimum atomic E-state index is -1.31. The lowest BCUT2D eigenvalue weighted by Gasteiger charge is -2.41. The molecule has 1 saturated heterocycles. The molecule has 1 heterocycles. The number of thioether (sulfide) groups is 2. The van der Waals surface area contributed by atoms with Crippen molar-refractivity contribution in [2.75, 3.05) is 86.9 Å². The predicted molar refractivity (Wildman–Crippen MR) is 385 cm³/mol. The van der Waals surface area contributed by atoms with Crippen molar-refractivity contribution in [2.24, 2.45) is 35.5 Å². The van der Waals surface area contributed by atoms with Crippen LogP contribution in [0.5, 0.6) is 0 Å². The number of nitrogens with one attached hydrogen (secondary N) is 4. The minimum Gasteiger partial charge on any atom is -0.365 e. The van der Waals surface area contributed by atoms with E-state index in [-0.39, 0.29) is 68.1 Å². The number of amides is 11. The number of rotatable bonds is 24. The molecule has 0 aromatic carbocycles. The van der Waals surface area contributed by atoms with Crippen LogP contribution in [0.4, 0.5) is 0 Å². The van der Waals surface area contributed by atoms with Crippen LogP contribution in [-0.2, 0) is 57.5 Å². The molecule has 1 fully saturated rings. The number of allylic oxidation sites excluding steroid dienone is 2. The van der Waals surface area contributed by atoms with Crippen molar-refractivity contribution in [1.29, 1.82) is 0 Å². The molecule has 0 radical (unpaired) electrons. The normalized spacial score (nSPS) is 25.8. The van der Waals surface area contributed by atoms with Gasteiger partial charge in [-0.3, -0.25) is 52.7 Å². The fraction of sp³-hybridized carbons (Fsp3) is 0.814. The summed E-state index contributed by atoms with van der Waals surface area (Å²) in [5, 5.41) is 10.1. The molecule has 0 spiro atoms. The van der Waals surface area contributed by atoms with E-state index >= 15 is 38.4 Å². The van der Waals surface area contributed by atoms with Crippen LogP contribution in [0, 0.1) is 35.5 Å². The number of likely N-dealkylation sites (N-methyl/N-ethyl adjacent to an activating group) is 7. The van der Waals surface area contributed by atoms with Crippen LogP contribution in [-0.4, -0.2) is 262 Å². The average molecular weight is 1390 g/mol. The Labute approximate surface area is 586 Å². The third-order valence-electron chi connectivity index (χ3n) is 18.2. The maximum Gasteiger partial charge on any atom is 0.256 e. The van der Waals surface area contributed by atoms with Crippen molar-refractivity contribution in [3.05, 3.63) is 12.2 Å². The number of carbonyl (C=O) groups excluding carboxylic acids is 11. The molecular weight excluding hydrogens is 1260 g/mol. The third-order valence-corrected chi connectivity index (χ3v) is 19.8. The molecule has 0 saturated carbocycles. The van der Waals surface area contributed by atoms with Crippen LogP contribution in [0.15, 0.2) is 12.2 Å². The molecule has 0 aliphatic carbocycles. The van der Waals surface area contributed by atoms with Crippen molar-refractivity contribution >= 4 is 88.5 Å². The molecule has 0 unspecified atom stereocenters. The van der Waals surface area contributed by atoms with Crippen LogP contribution < -0.4 is 21.3 Å². The van der Waals surface area contributed by atoms with Gasteiger partial charge >= 0.3 is 0 Å². The lowest BCUT2D eigenvalue weighted by Crippen LogP contribution is -2.62. The molecule has 4 N–H and O–H groups in total. The summed E-state index contributed by atoms with van der Waals surface area (Å²) >= 11 is 2.63. The minimum absolute atomic E-state index is 0.0641. The van der Waals surface area contributed by atoms with Gasteiger partial charge in [0.25, 0.3) is 5.91 Å². The molecule has 1 aliphatic heterocycles. The molecule has 24 nitrogen and oxygen atoms in total. The van der Waals surface area contributed by atoms with Gasteiger partial charge in [-0.25, -0.2) is 0 Å². The highest BCUT2D eigenvalue weighted by molar-refractivity contribution is 8.00. The number of nitrogens with zero attached hydrogens (tertiary/aromatic N) is 8. The van der Waals surface area contributed by atoms with Crippen LogP contribution in [0.25, 0.3) is 0 Å². The van der Waals surface area contributed by atoms with E-state index in [0.29, 0.717) is 18.7 Å². The Bertz CT molecular complexity index is 2590. The van der Waals surface area contributed by atoms with Gasteiger partial charge in [-0.05, 0) is 128 Å². The van der Waals surface area contributed by atoms with Gasteiger partial charge in [0.1, 0.15) is 60.4 Å². The van der Waals surface area contributed by atoms with E-state index in [1.807, 2.05) is 87.6 Å². The smallest absolute Gasteiger partial charge is 0.256 e. The van der Waals surface area contributed by atoms with E-state index in [1.165, 1.54) is 121 Å². The largest absolute Gasteiger partial charge is 0.365 e. The Hall–Kier alpha value is -5.47. The van der Waals surface area contributed by atoms with E-state index < -0.39 is 148 Å². The van der Waals surface area contributed by atoms with Gasteiger partial charge in [-0.2, -0.15) is 0 Å². The SMILES string of the molecule is C/C=C/C[C@@H](C)C[C@H]1C(=O)N[C@@H](CC)C(=O)N(C)[C@H](SCCN(CC)CC)C(=O)N(C)[C@@H](CC(C)(C)OCSC)C(=O)N[C@H](C(C)C)C(=O)N(C)[C@H](CC(C)C)C(=O)N[C@H](C)C(=O)N[C@@H](C)C(=O)N(C)[C@@H](CC(C)C)C(=O)N(C)[C@@H](CC(C)C)C(=O)N(C)[C@@H](C(C)C)C(=O)N1C. The van der Waals surface area contributed by atoms with E-state index in [9.17, 15) is 14.4 Å². The molecule has 11 amide bonds. The second kappa shape index (κ2) is 41.8. The molecule has 12 atom stereocenters. The summed E-state index contributed by atoms with van der Waals surface area (Å²) in [6.07, 6.45) is 6.94. The van der Waals surface area contributed by atoms with Crippen LogP contribution >= 0.6 is 23.5 Å². The molecule has 96 heavy (non-hydrogen) atoms. The fourth-order valence-corrected chi connectivity index (χ4v) is 13.6. The van der Waals surface area contributed by atoms with E-state index in [1.54, 1.807) is 48.5 Å². The van der Waals surface area contributed by atoms with E-state index in [4.69, 9.17) is 4.74 Å². The molecule has 0 bridgehead atoms. The summed E-state index contributed by atoms with van der Waals surface area (Å²) in [4.78, 5) is 177. The van der Waals surface area contributed by atoms with E-state index in [0.717, 1.165) is 13.1 Å². The predicted octanol–water partition coefficient (Wildman–Crippen LogP) is 6.16. The van der Waals surface area contributed by atoms with Gasteiger partial charge in [0, 0.05) is 68.1 Å². The standard InChI is InChI=1S/C70H128N12O12S2/c1-28-32-33-47(15)39-52-60(85)73-50(29-2)63(88)81(26)69(96-35-34-82(30-3)31-4)68(93)79(24)55(40-70(18,19)94-41-95-27)61(86)74-56(45(11)12)66(91)75(20)51(36-42(5)6)59(84)71-48(16)58(83)72-49(17)62(87)77(22)53(37-43(7)8)64(89)78(23)54(38-44(9)10)65(90)80(25)57(46(13)14)67(92)76(52)21/h28,32,42-57,69H,29-31,33-41H2,1-27H3,(H,71,84)(H,72,83)(H,73,85)(H,74,86)/b32-28+/t47-,48-,49+,50+,51-,52+,53+,54+,55+,56-,57+,69-/m1/s1. The highest BCUT2D eigenvalue weighted by atomic mass is 32.2. The van der Waals surface area contributed by atoms with Crippen molar-refractivity contribution in [2.45, 2.75) is 248 Å². The first-order valence-corrected chi connectivity index (χ1v) is 37.1. The van der Waals surface area contributed by atoms with Gasteiger partial charge in [-0.1, -0.05) is 109 Å². The zero-order valence-electron chi connectivity index (χ0n) is 63.7. The topological polar surface area (TPSA) is 271 Å². The van der Waals surface area contributed by atoms with Crippen molar-refractivity contribution in [3.8, 4) is 0 Å². The second-order valence-corrected chi connectivity index (χ2v) is 30.9. The van der Waals surface area contributed by atoms with Crippen LogP contribution in [0.3, 0.4) is 0 Å². The molecular formula is C70H128N12O12S2. The van der Waals surface area contributed by atoms with Crippen molar-refractivity contribution in [3.63, 3.8) is 0 Å². The Balaban J connectivity index is 4.61. The van der Waals surface area contributed by atoms with Gasteiger partial charge < -0.3 is 65.2 Å². The zero-order chi connectivity index (χ0) is 74.1. The molecule has 26 heteroatoms.